The van der Waals surface area contributed by atoms with Crippen LogP contribution < -0.4 is 0 Å². The van der Waals surface area contributed by atoms with Crippen molar-refractivity contribution in [2.24, 2.45) is 0 Å². The SMILES string of the molecule is CCCCCCCCC(CCCCCCCC)OC(=O)CCCCCN(CCO)CCCCC. The molecule has 0 fully saturated rings. The van der Waals surface area contributed by atoms with Crippen LogP contribution in [0.15, 0.2) is 0 Å². The molecule has 0 amide bonds. The molecular weight excluding hydrogens is 422 g/mol. The van der Waals surface area contributed by atoms with E-state index in [2.05, 4.69) is 25.7 Å². The number of ether oxygens (including phenoxy) is 1. The minimum atomic E-state index is 0.0112. The molecule has 0 rings (SSSR count). The molecule has 0 spiro atoms. The first-order valence-electron chi connectivity index (χ1n) is 15.2. The Labute approximate surface area is 213 Å². The monoisotopic (exact) mass is 483 g/mol. The quantitative estimate of drug-likeness (QED) is 0.0940. The van der Waals surface area contributed by atoms with Crippen LogP contribution in [-0.2, 0) is 9.53 Å². The summed E-state index contributed by atoms with van der Waals surface area (Å²) in [6.45, 7) is 9.85. The molecule has 0 saturated carbocycles. The van der Waals surface area contributed by atoms with E-state index in [0.717, 1.165) is 51.7 Å². The third kappa shape index (κ3) is 23.1. The zero-order valence-electron chi connectivity index (χ0n) is 23.5. The van der Waals surface area contributed by atoms with E-state index in [4.69, 9.17) is 4.74 Å². The van der Waals surface area contributed by atoms with Gasteiger partial charge >= 0.3 is 5.97 Å². The van der Waals surface area contributed by atoms with Gasteiger partial charge in [-0.05, 0) is 58.0 Å². The molecule has 0 bridgehead atoms. The van der Waals surface area contributed by atoms with E-state index in [9.17, 15) is 9.90 Å². The zero-order valence-corrected chi connectivity index (χ0v) is 23.5. The van der Waals surface area contributed by atoms with Crippen molar-refractivity contribution in [3.8, 4) is 0 Å². The minimum absolute atomic E-state index is 0.0112. The van der Waals surface area contributed by atoms with E-state index in [0.29, 0.717) is 6.42 Å². The third-order valence-electron chi connectivity index (χ3n) is 6.91. The third-order valence-corrected chi connectivity index (χ3v) is 6.91. The highest BCUT2D eigenvalue weighted by Crippen LogP contribution is 2.18. The molecule has 0 heterocycles. The van der Waals surface area contributed by atoms with Crippen molar-refractivity contribution in [1.29, 1.82) is 0 Å². The van der Waals surface area contributed by atoms with Crippen LogP contribution in [0.4, 0.5) is 0 Å². The summed E-state index contributed by atoms with van der Waals surface area (Å²) in [6, 6.07) is 0. The Morgan fingerprint density at radius 1 is 0.618 bits per heavy atom. The molecule has 0 atom stereocenters. The van der Waals surface area contributed by atoms with E-state index in [-0.39, 0.29) is 18.7 Å². The lowest BCUT2D eigenvalue weighted by Gasteiger charge is -2.21. The van der Waals surface area contributed by atoms with Gasteiger partial charge in [0.15, 0.2) is 0 Å². The number of unbranched alkanes of at least 4 members (excludes halogenated alkanes) is 14. The number of carbonyl (C=O) groups excluding carboxylic acids is 1. The summed E-state index contributed by atoms with van der Waals surface area (Å²) >= 11 is 0. The van der Waals surface area contributed by atoms with Gasteiger partial charge in [-0.25, -0.2) is 0 Å². The van der Waals surface area contributed by atoms with E-state index in [1.54, 1.807) is 0 Å². The van der Waals surface area contributed by atoms with Gasteiger partial charge in [-0.3, -0.25) is 4.79 Å². The van der Waals surface area contributed by atoms with Crippen molar-refractivity contribution in [1.82, 2.24) is 4.90 Å². The Bertz CT molecular complexity index is 400. The second-order valence-electron chi connectivity index (χ2n) is 10.3. The van der Waals surface area contributed by atoms with Crippen LogP contribution >= 0.6 is 0 Å². The fourth-order valence-corrected chi connectivity index (χ4v) is 4.66. The molecule has 0 aliphatic rings. The number of esters is 1. The average molecular weight is 484 g/mol. The van der Waals surface area contributed by atoms with Crippen LogP contribution in [0.25, 0.3) is 0 Å². The fourth-order valence-electron chi connectivity index (χ4n) is 4.66. The first-order chi connectivity index (χ1) is 16.7. The molecule has 4 nitrogen and oxygen atoms in total. The van der Waals surface area contributed by atoms with Gasteiger partial charge in [-0.15, -0.1) is 0 Å². The van der Waals surface area contributed by atoms with Crippen LogP contribution in [0.5, 0.6) is 0 Å². The number of carbonyl (C=O) groups is 1. The summed E-state index contributed by atoms with van der Waals surface area (Å²) in [5, 5.41) is 9.28. The van der Waals surface area contributed by atoms with Gasteiger partial charge in [0.05, 0.1) is 6.61 Å². The first kappa shape index (κ1) is 33.4. The van der Waals surface area contributed by atoms with Gasteiger partial charge < -0.3 is 14.7 Å². The van der Waals surface area contributed by atoms with Crippen molar-refractivity contribution in [3.05, 3.63) is 0 Å². The summed E-state index contributed by atoms with van der Waals surface area (Å²) in [6.07, 6.45) is 25.0. The van der Waals surface area contributed by atoms with Crippen LogP contribution in [0.3, 0.4) is 0 Å². The lowest BCUT2D eigenvalue weighted by atomic mass is 10.0. The lowest BCUT2D eigenvalue weighted by Crippen LogP contribution is -2.29. The molecule has 0 aromatic heterocycles. The minimum Gasteiger partial charge on any atom is -0.462 e. The first-order valence-corrected chi connectivity index (χ1v) is 15.2. The van der Waals surface area contributed by atoms with E-state index < -0.39 is 0 Å². The molecule has 0 aromatic carbocycles. The number of aliphatic hydroxyl groups is 1. The highest BCUT2D eigenvalue weighted by atomic mass is 16.5. The van der Waals surface area contributed by atoms with E-state index in [1.165, 1.54) is 96.3 Å². The van der Waals surface area contributed by atoms with Crippen LogP contribution in [0, 0.1) is 0 Å². The predicted octanol–water partition coefficient (Wildman–Crippen LogP) is 8.44. The molecule has 0 aromatic rings. The maximum atomic E-state index is 12.5. The summed E-state index contributed by atoms with van der Waals surface area (Å²) in [7, 11) is 0. The standard InChI is InChI=1S/C30H61NO3/c1-4-7-10-12-14-17-22-29(23-18-15-13-11-8-5-2)34-30(33)24-19-16-21-26-31(27-28-32)25-20-9-6-3/h29,32H,4-28H2,1-3H3. The second-order valence-corrected chi connectivity index (χ2v) is 10.3. The summed E-state index contributed by atoms with van der Waals surface area (Å²) in [4.78, 5) is 14.9. The van der Waals surface area contributed by atoms with Crippen LogP contribution in [0.2, 0.25) is 0 Å². The number of hydrogen-bond acceptors (Lipinski definition) is 4. The highest BCUT2D eigenvalue weighted by Gasteiger charge is 2.14. The molecule has 0 aliphatic heterocycles. The van der Waals surface area contributed by atoms with Crippen molar-refractivity contribution < 1.29 is 14.6 Å². The number of rotatable bonds is 27. The predicted molar refractivity (Wildman–Crippen MR) is 147 cm³/mol. The van der Waals surface area contributed by atoms with Crippen molar-refractivity contribution in [2.75, 3.05) is 26.2 Å². The van der Waals surface area contributed by atoms with Crippen molar-refractivity contribution in [2.45, 2.75) is 162 Å². The largest absolute Gasteiger partial charge is 0.462 e. The number of aliphatic hydroxyl groups excluding tert-OH is 1. The van der Waals surface area contributed by atoms with Gasteiger partial charge in [-0.2, -0.15) is 0 Å². The number of nitrogens with zero attached hydrogens (tertiary/aromatic N) is 1. The van der Waals surface area contributed by atoms with Gasteiger partial charge in [0, 0.05) is 13.0 Å². The molecule has 4 heteroatoms. The normalized spacial score (nSPS) is 11.6. The maximum absolute atomic E-state index is 12.5. The Morgan fingerprint density at radius 3 is 1.59 bits per heavy atom. The molecule has 204 valence electrons. The smallest absolute Gasteiger partial charge is 0.306 e. The fraction of sp³-hybridized carbons (Fsp3) is 0.967. The lowest BCUT2D eigenvalue weighted by molar-refractivity contribution is -0.150. The molecular formula is C30H61NO3. The molecule has 0 unspecified atom stereocenters. The summed E-state index contributed by atoms with van der Waals surface area (Å²) in [5.41, 5.74) is 0. The molecule has 0 saturated heterocycles. The maximum Gasteiger partial charge on any atom is 0.306 e. The van der Waals surface area contributed by atoms with Gasteiger partial charge in [0.1, 0.15) is 6.10 Å². The van der Waals surface area contributed by atoms with Gasteiger partial charge in [0.2, 0.25) is 0 Å². The average Bonchev–Trinajstić information content (AvgIpc) is 2.83. The van der Waals surface area contributed by atoms with Crippen molar-refractivity contribution >= 4 is 5.97 Å². The zero-order chi connectivity index (χ0) is 25.1. The molecule has 0 aliphatic carbocycles. The summed E-state index contributed by atoms with van der Waals surface area (Å²) < 4.78 is 5.96. The van der Waals surface area contributed by atoms with Crippen LogP contribution in [-0.4, -0.2) is 48.3 Å². The Hall–Kier alpha value is -0.610. The van der Waals surface area contributed by atoms with E-state index >= 15 is 0 Å². The molecule has 34 heavy (non-hydrogen) atoms. The van der Waals surface area contributed by atoms with Crippen LogP contribution in [0.1, 0.15) is 156 Å². The summed E-state index contributed by atoms with van der Waals surface area (Å²) in [5.74, 6) is 0.0112. The Kier molecular flexibility index (Phi) is 26.5. The Morgan fingerprint density at radius 2 is 1.06 bits per heavy atom. The van der Waals surface area contributed by atoms with Gasteiger partial charge in [0.25, 0.3) is 0 Å². The van der Waals surface area contributed by atoms with Crippen molar-refractivity contribution in [3.63, 3.8) is 0 Å². The molecule has 1 N–H and O–H groups in total. The highest BCUT2D eigenvalue weighted by molar-refractivity contribution is 5.69. The van der Waals surface area contributed by atoms with E-state index in [1.807, 2.05) is 0 Å². The Balaban J connectivity index is 4.15. The number of hydrogen-bond donors (Lipinski definition) is 1. The second kappa shape index (κ2) is 27.0. The van der Waals surface area contributed by atoms with Gasteiger partial charge in [-0.1, -0.05) is 104 Å². The molecule has 0 radical (unpaired) electrons. The topological polar surface area (TPSA) is 49.8 Å².